The highest BCUT2D eigenvalue weighted by atomic mass is 16.4. The Balaban J connectivity index is 2.63. The van der Waals surface area contributed by atoms with E-state index in [0.717, 1.165) is 0 Å². The summed E-state index contributed by atoms with van der Waals surface area (Å²) < 4.78 is 4.79. The molecule has 1 atom stereocenters. The van der Waals surface area contributed by atoms with Crippen LogP contribution < -0.4 is 5.32 Å². The number of aromatic nitrogens is 1. The van der Waals surface area contributed by atoms with Gasteiger partial charge in [0.1, 0.15) is 12.3 Å². The molecule has 0 aromatic carbocycles. The molecule has 0 aliphatic heterocycles. The second kappa shape index (κ2) is 3.91. The highest BCUT2D eigenvalue weighted by molar-refractivity contribution is 5.92. The van der Waals surface area contributed by atoms with Gasteiger partial charge in [-0.3, -0.25) is 9.59 Å². The molecule has 6 heteroatoms. The summed E-state index contributed by atoms with van der Waals surface area (Å²) >= 11 is 0. The lowest BCUT2D eigenvalue weighted by Crippen LogP contribution is -2.38. The van der Waals surface area contributed by atoms with Crippen molar-refractivity contribution in [3.63, 3.8) is 0 Å². The molecule has 0 radical (unpaired) electrons. The molecule has 0 aliphatic rings. The molecule has 0 saturated heterocycles. The van der Waals surface area contributed by atoms with Crippen LogP contribution in [0.2, 0.25) is 0 Å². The Bertz CT molecular complexity index is 358. The zero-order valence-corrected chi connectivity index (χ0v) is 7.77. The number of carbonyl (C=O) groups excluding carboxylic acids is 1. The van der Waals surface area contributed by atoms with Gasteiger partial charge in [0, 0.05) is 0 Å². The van der Waals surface area contributed by atoms with Gasteiger partial charge in [-0.2, -0.15) is 0 Å². The molecule has 1 aromatic rings. The lowest BCUT2D eigenvalue weighted by molar-refractivity contribution is -0.138. The predicted octanol–water partition coefficient (Wildman–Crippen LogP) is 0.186. The highest BCUT2D eigenvalue weighted by Crippen LogP contribution is 2.00. The average Bonchev–Trinajstić information content (AvgIpc) is 2.51. The molecule has 1 amide bonds. The third-order valence-corrected chi connectivity index (χ3v) is 1.53. The summed E-state index contributed by atoms with van der Waals surface area (Å²) in [6, 6.07) is -0.963. The summed E-state index contributed by atoms with van der Waals surface area (Å²) in [6.45, 7) is 3.02. The van der Waals surface area contributed by atoms with E-state index in [1.54, 1.807) is 6.92 Å². The predicted molar refractivity (Wildman–Crippen MR) is 45.8 cm³/mol. The van der Waals surface area contributed by atoms with Crippen molar-refractivity contribution in [1.29, 1.82) is 0 Å². The number of carboxylic acids is 1. The molecular formula is C8H10N2O4. The molecule has 0 aliphatic carbocycles. The van der Waals surface area contributed by atoms with Crippen molar-refractivity contribution in [2.24, 2.45) is 0 Å². The first-order valence-electron chi connectivity index (χ1n) is 3.96. The second-order valence-corrected chi connectivity index (χ2v) is 2.83. The summed E-state index contributed by atoms with van der Waals surface area (Å²) in [7, 11) is 0. The Kier molecular flexibility index (Phi) is 2.85. The first-order valence-corrected chi connectivity index (χ1v) is 3.96. The number of hydrogen-bond donors (Lipinski definition) is 2. The molecule has 0 spiro atoms. The smallest absolute Gasteiger partial charge is 0.325 e. The van der Waals surface area contributed by atoms with Crippen molar-refractivity contribution in [2.75, 3.05) is 0 Å². The summed E-state index contributed by atoms with van der Waals surface area (Å²) in [4.78, 5) is 25.4. The quantitative estimate of drug-likeness (QED) is 0.723. The first kappa shape index (κ1) is 10.2. The third kappa shape index (κ3) is 2.32. The van der Waals surface area contributed by atoms with Crippen molar-refractivity contribution in [1.82, 2.24) is 10.3 Å². The number of amides is 1. The van der Waals surface area contributed by atoms with Gasteiger partial charge in [-0.15, -0.1) is 0 Å². The summed E-state index contributed by atoms with van der Waals surface area (Å²) in [5.41, 5.74) is 0.568. The fourth-order valence-corrected chi connectivity index (χ4v) is 0.778. The van der Waals surface area contributed by atoms with E-state index in [-0.39, 0.29) is 5.89 Å². The number of carbonyl (C=O) groups is 2. The molecule has 1 rings (SSSR count). The summed E-state index contributed by atoms with van der Waals surface area (Å²) in [5, 5.41) is 10.7. The number of nitrogens with zero attached hydrogens (tertiary/aromatic N) is 1. The van der Waals surface area contributed by atoms with Gasteiger partial charge in [-0.05, 0) is 13.8 Å². The van der Waals surface area contributed by atoms with Crippen LogP contribution in [0.25, 0.3) is 0 Å². The molecule has 2 N–H and O–H groups in total. The maximum absolute atomic E-state index is 11.2. The monoisotopic (exact) mass is 198 g/mol. The van der Waals surface area contributed by atoms with Crippen LogP contribution in [0, 0.1) is 6.92 Å². The first-order chi connectivity index (χ1) is 6.50. The van der Waals surface area contributed by atoms with Crippen molar-refractivity contribution in [3.8, 4) is 0 Å². The Morgan fingerprint density at radius 2 is 2.29 bits per heavy atom. The largest absolute Gasteiger partial charge is 0.480 e. The Morgan fingerprint density at radius 3 is 2.71 bits per heavy atom. The lowest BCUT2D eigenvalue weighted by Gasteiger charge is -2.05. The molecule has 1 heterocycles. The van der Waals surface area contributed by atoms with E-state index >= 15 is 0 Å². The lowest BCUT2D eigenvalue weighted by atomic mass is 10.3. The minimum absolute atomic E-state index is 0.129. The molecule has 0 unspecified atom stereocenters. The van der Waals surface area contributed by atoms with Crippen LogP contribution in [0.1, 0.15) is 23.3 Å². The topological polar surface area (TPSA) is 92.4 Å². The van der Waals surface area contributed by atoms with Gasteiger partial charge in [-0.25, -0.2) is 4.98 Å². The standard InChI is InChI=1S/C8H10N2O4/c1-4-3-14-7(9-4)6(11)10-5(2)8(12)13/h3,5H,1-2H3,(H,10,11)(H,12,13)/t5-/m0/s1. The van der Waals surface area contributed by atoms with Crippen LogP contribution in [0.15, 0.2) is 10.7 Å². The molecule has 0 fully saturated rings. The van der Waals surface area contributed by atoms with E-state index in [0.29, 0.717) is 5.69 Å². The number of nitrogens with one attached hydrogen (secondary N) is 1. The van der Waals surface area contributed by atoms with Gasteiger partial charge >= 0.3 is 11.9 Å². The Hall–Kier alpha value is -1.85. The maximum Gasteiger partial charge on any atom is 0.325 e. The molecule has 1 aromatic heterocycles. The van der Waals surface area contributed by atoms with E-state index in [4.69, 9.17) is 9.52 Å². The van der Waals surface area contributed by atoms with Crippen LogP contribution in [0.3, 0.4) is 0 Å². The van der Waals surface area contributed by atoms with Crippen LogP contribution in [0.5, 0.6) is 0 Å². The molecule has 76 valence electrons. The number of rotatable bonds is 3. The number of aliphatic carboxylic acids is 1. The maximum atomic E-state index is 11.2. The van der Waals surface area contributed by atoms with Gasteiger partial charge < -0.3 is 14.8 Å². The number of carboxylic acid groups (broad SMARTS) is 1. The van der Waals surface area contributed by atoms with Crippen LogP contribution in [-0.4, -0.2) is 28.0 Å². The van der Waals surface area contributed by atoms with E-state index in [9.17, 15) is 9.59 Å². The normalized spacial score (nSPS) is 12.1. The van der Waals surface area contributed by atoms with E-state index in [2.05, 4.69) is 10.3 Å². The number of aryl methyl sites for hydroxylation is 1. The second-order valence-electron chi connectivity index (χ2n) is 2.83. The van der Waals surface area contributed by atoms with Crippen molar-refractivity contribution in [3.05, 3.63) is 17.8 Å². The van der Waals surface area contributed by atoms with Gasteiger partial charge in [0.2, 0.25) is 0 Å². The molecule has 14 heavy (non-hydrogen) atoms. The number of oxazole rings is 1. The SMILES string of the molecule is Cc1coc(C(=O)N[C@@H](C)C(=O)O)n1. The van der Waals surface area contributed by atoms with Gasteiger partial charge in [0.05, 0.1) is 5.69 Å². The summed E-state index contributed by atoms with van der Waals surface area (Å²) in [5.74, 6) is -1.87. The van der Waals surface area contributed by atoms with E-state index < -0.39 is 17.9 Å². The molecule has 0 saturated carbocycles. The third-order valence-electron chi connectivity index (χ3n) is 1.53. The fraction of sp³-hybridized carbons (Fsp3) is 0.375. The fourth-order valence-electron chi connectivity index (χ4n) is 0.778. The molecule has 6 nitrogen and oxygen atoms in total. The highest BCUT2D eigenvalue weighted by Gasteiger charge is 2.18. The average molecular weight is 198 g/mol. The summed E-state index contributed by atoms with van der Waals surface area (Å²) in [6.07, 6.45) is 1.32. The van der Waals surface area contributed by atoms with E-state index in [1.807, 2.05) is 0 Å². The Morgan fingerprint density at radius 1 is 1.64 bits per heavy atom. The zero-order valence-electron chi connectivity index (χ0n) is 7.77. The van der Waals surface area contributed by atoms with Crippen molar-refractivity contribution >= 4 is 11.9 Å². The van der Waals surface area contributed by atoms with Gasteiger partial charge in [-0.1, -0.05) is 0 Å². The van der Waals surface area contributed by atoms with Crippen molar-refractivity contribution < 1.29 is 19.1 Å². The molecular weight excluding hydrogens is 188 g/mol. The van der Waals surface area contributed by atoms with E-state index in [1.165, 1.54) is 13.2 Å². The minimum Gasteiger partial charge on any atom is -0.480 e. The zero-order chi connectivity index (χ0) is 10.7. The van der Waals surface area contributed by atoms with Crippen LogP contribution in [0.4, 0.5) is 0 Å². The minimum atomic E-state index is -1.11. The van der Waals surface area contributed by atoms with Crippen molar-refractivity contribution in [2.45, 2.75) is 19.9 Å². The van der Waals surface area contributed by atoms with Gasteiger partial charge in [0.15, 0.2) is 0 Å². The Labute approximate surface area is 79.9 Å². The van der Waals surface area contributed by atoms with Crippen LogP contribution in [-0.2, 0) is 4.79 Å². The molecule has 0 bridgehead atoms. The van der Waals surface area contributed by atoms with Crippen LogP contribution >= 0.6 is 0 Å². The van der Waals surface area contributed by atoms with Gasteiger partial charge in [0.25, 0.3) is 5.89 Å². The number of hydrogen-bond acceptors (Lipinski definition) is 4.